The lowest BCUT2D eigenvalue weighted by molar-refractivity contribution is -0.122. The molecule has 25 heavy (non-hydrogen) atoms. The predicted molar refractivity (Wildman–Crippen MR) is 97.2 cm³/mol. The highest BCUT2D eigenvalue weighted by atomic mass is 35.5. The van der Waals surface area contributed by atoms with E-state index in [1.54, 1.807) is 43.1 Å². The van der Waals surface area contributed by atoms with Crippen LogP contribution >= 0.6 is 11.6 Å². The summed E-state index contributed by atoms with van der Waals surface area (Å²) in [5.41, 5.74) is 1.13. The first kappa shape index (κ1) is 18.9. The number of nitrogens with zero attached hydrogens (tertiary/aromatic N) is 1. The van der Waals surface area contributed by atoms with Crippen molar-refractivity contribution in [2.24, 2.45) is 0 Å². The number of carbonyl (C=O) groups is 2. The van der Waals surface area contributed by atoms with Crippen LogP contribution in [-0.2, 0) is 9.59 Å². The van der Waals surface area contributed by atoms with Gasteiger partial charge in [0, 0.05) is 16.4 Å². The van der Waals surface area contributed by atoms with E-state index >= 15 is 0 Å². The third-order valence-corrected chi connectivity index (χ3v) is 3.93. The van der Waals surface area contributed by atoms with Crippen molar-refractivity contribution < 1.29 is 14.0 Å². The van der Waals surface area contributed by atoms with E-state index in [0.717, 1.165) is 0 Å². The Morgan fingerprint density at radius 1 is 1.04 bits per heavy atom. The summed E-state index contributed by atoms with van der Waals surface area (Å²) in [5.74, 6) is -0.901. The van der Waals surface area contributed by atoms with E-state index in [1.807, 2.05) is 0 Å². The number of likely N-dealkylation sites (N-methyl/N-ethyl adjacent to an activating group) is 1. The van der Waals surface area contributed by atoms with Crippen LogP contribution in [0.4, 0.5) is 15.8 Å². The molecule has 2 aromatic carbocycles. The lowest BCUT2D eigenvalue weighted by Gasteiger charge is -2.23. The Morgan fingerprint density at radius 2 is 1.56 bits per heavy atom. The number of halogens is 2. The van der Waals surface area contributed by atoms with Gasteiger partial charge in [-0.3, -0.25) is 14.5 Å². The summed E-state index contributed by atoms with van der Waals surface area (Å²) < 4.78 is 12.9. The van der Waals surface area contributed by atoms with Gasteiger partial charge in [0.1, 0.15) is 5.82 Å². The molecular weight excluding hydrogens is 345 g/mol. The van der Waals surface area contributed by atoms with Gasteiger partial charge in [0.2, 0.25) is 11.8 Å². The van der Waals surface area contributed by atoms with Crippen LogP contribution in [0.2, 0.25) is 5.02 Å². The van der Waals surface area contributed by atoms with Crippen LogP contribution in [-0.4, -0.2) is 36.3 Å². The average molecular weight is 364 g/mol. The summed E-state index contributed by atoms with van der Waals surface area (Å²) in [5, 5.41) is 6.01. The van der Waals surface area contributed by atoms with Gasteiger partial charge in [-0.15, -0.1) is 0 Å². The Bertz CT molecular complexity index is 735. The molecule has 0 aromatic heterocycles. The van der Waals surface area contributed by atoms with E-state index in [0.29, 0.717) is 16.4 Å². The van der Waals surface area contributed by atoms with Gasteiger partial charge in [-0.25, -0.2) is 4.39 Å². The van der Waals surface area contributed by atoms with E-state index < -0.39 is 6.04 Å². The number of benzene rings is 2. The molecule has 2 aromatic rings. The Hall–Kier alpha value is -2.44. The van der Waals surface area contributed by atoms with E-state index in [2.05, 4.69) is 10.6 Å². The number of amides is 2. The molecule has 0 spiro atoms. The zero-order valence-corrected chi connectivity index (χ0v) is 14.7. The molecule has 0 radical (unpaired) electrons. The highest BCUT2D eigenvalue weighted by molar-refractivity contribution is 6.30. The minimum atomic E-state index is -0.541. The van der Waals surface area contributed by atoms with E-state index in [-0.39, 0.29) is 24.2 Å². The van der Waals surface area contributed by atoms with E-state index in [9.17, 15) is 14.0 Å². The fraction of sp³-hybridized carbons (Fsp3) is 0.222. The quantitative estimate of drug-likeness (QED) is 0.827. The monoisotopic (exact) mass is 363 g/mol. The molecule has 7 heteroatoms. The number of anilines is 2. The second-order valence-electron chi connectivity index (χ2n) is 5.64. The summed E-state index contributed by atoms with van der Waals surface area (Å²) in [7, 11) is 1.68. The third kappa shape index (κ3) is 5.85. The van der Waals surface area contributed by atoms with Gasteiger partial charge in [-0.05, 0) is 62.5 Å². The molecular formula is C18H19ClFN3O2. The van der Waals surface area contributed by atoms with Crippen molar-refractivity contribution >= 4 is 34.8 Å². The maximum atomic E-state index is 12.9. The smallest absolute Gasteiger partial charge is 0.241 e. The second kappa shape index (κ2) is 8.60. The molecule has 2 rings (SSSR count). The van der Waals surface area contributed by atoms with Gasteiger partial charge in [0.15, 0.2) is 0 Å². The van der Waals surface area contributed by atoms with Gasteiger partial charge in [0.25, 0.3) is 0 Å². The molecule has 2 N–H and O–H groups in total. The molecule has 2 amide bonds. The molecule has 0 saturated carbocycles. The normalized spacial score (nSPS) is 11.9. The summed E-state index contributed by atoms with van der Waals surface area (Å²) in [6, 6.07) is 11.7. The summed E-state index contributed by atoms with van der Waals surface area (Å²) >= 11 is 5.80. The third-order valence-electron chi connectivity index (χ3n) is 3.67. The van der Waals surface area contributed by atoms with Crippen molar-refractivity contribution in [2.75, 3.05) is 24.2 Å². The van der Waals surface area contributed by atoms with Crippen LogP contribution in [0.15, 0.2) is 48.5 Å². The number of hydrogen-bond acceptors (Lipinski definition) is 3. The largest absolute Gasteiger partial charge is 0.325 e. The van der Waals surface area contributed by atoms with Gasteiger partial charge >= 0.3 is 0 Å². The van der Waals surface area contributed by atoms with Crippen LogP contribution in [0.5, 0.6) is 0 Å². The highest BCUT2D eigenvalue weighted by Gasteiger charge is 2.20. The van der Waals surface area contributed by atoms with Crippen molar-refractivity contribution in [3.8, 4) is 0 Å². The minimum absolute atomic E-state index is 0.0423. The number of nitrogens with one attached hydrogen (secondary N) is 2. The summed E-state index contributed by atoms with van der Waals surface area (Å²) in [6.07, 6.45) is 0. The Morgan fingerprint density at radius 3 is 2.16 bits per heavy atom. The standard InChI is InChI=1S/C18H19ClFN3O2/c1-12(18(25)22-16-9-5-14(20)6-10-16)23(2)11-17(24)21-15-7-3-13(19)4-8-15/h3-10,12H,11H2,1-2H3,(H,21,24)(H,22,25)/t12-/m1/s1. The molecule has 0 heterocycles. The van der Waals surface area contributed by atoms with Crippen LogP contribution in [0.1, 0.15) is 6.92 Å². The van der Waals surface area contributed by atoms with Crippen LogP contribution in [0, 0.1) is 5.82 Å². The van der Waals surface area contributed by atoms with Crippen LogP contribution < -0.4 is 10.6 Å². The molecule has 0 aliphatic rings. The fourth-order valence-corrected chi connectivity index (χ4v) is 2.20. The first-order chi connectivity index (χ1) is 11.8. The molecule has 0 aliphatic carbocycles. The lowest BCUT2D eigenvalue weighted by Crippen LogP contribution is -2.43. The van der Waals surface area contributed by atoms with E-state index in [4.69, 9.17) is 11.6 Å². The topological polar surface area (TPSA) is 61.4 Å². The first-order valence-corrected chi connectivity index (χ1v) is 8.05. The Labute approximate surface area is 150 Å². The zero-order chi connectivity index (χ0) is 18.4. The highest BCUT2D eigenvalue weighted by Crippen LogP contribution is 2.13. The lowest BCUT2D eigenvalue weighted by atomic mass is 10.2. The fourth-order valence-electron chi connectivity index (χ4n) is 2.08. The summed E-state index contributed by atoms with van der Waals surface area (Å²) in [6.45, 7) is 1.73. The second-order valence-corrected chi connectivity index (χ2v) is 6.08. The van der Waals surface area contributed by atoms with Gasteiger partial charge in [0.05, 0.1) is 12.6 Å². The minimum Gasteiger partial charge on any atom is -0.325 e. The Balaban J connectivity index is 1.86. The molecule has 5 nitrogen and oxygen atoms in total. The summed E-state index contributed by atoms with van der Waals surface area (Å²) in [4.78, 5) is 25.9. The van der Waals surface area contributed by atoms with Crippen LogP contribution in [0.25, 0.3) is 0 Å². The van der Waals surface area contributed by atoms with Crippen molar-refractivity contribution in [3.63, 3.8) is 0 Å². The predicted octanol–water partition coefficient (Wildman–Crippen LogP) is 3.38. The van der Waals surface area contributed by atoms with Crippen molar-refractivity contribution in [1.29, 1.82) is 0 Å². The SMILES string of the molecule is C[C@H](C(=O)Nc1ccc(F)cc1)N(C)CC(=O)Nc1ccc(Cl)cc1. The molecule has 132 valence electrons. The number of rotatable bonds is 6. The Kier molecular flexibility index (Phi) is 6.50. The van der Waals surface area contributed by atoms with Crippen molar-refractivity contribution in [2.45, 2.75) is 13.0 Å². The van der Waals surface area contributed by atoms with Crippen molar-refractivity contribution in [3.05, 3.63) is 59.4 Å². The van der Waals surface area contributed by atoms with Crippen molar-refractivity contribution in [1.82, 2.24) is 4.90 Å². The van der Waals surface area contributed by atoms with Gasteiger partial charge in [-0.1, -0.05) is 11.6 Å². The molecule has 0 bridgehead atoms. The van der Waals surface area contributed by atoms with Gasteiger partial charge < -0.3 is 10.6 Å². The maximum Gasteiger partial charge on any atom is 0.241 e. The van der Waals surface area contributed by atoms with E-state index in [1.165, 1.54) is 24.3 Å². The molecule has 0 fully saturated rings. The average Bonchev–Trinajstić information content (AvgIpc) is 2.58. The zero-order valence-electron chi connectivity index (χ0n) is 13.9. The molecule has 0 aliphatic heterocycles. The number of hydrogen-bond donors (Lipinski definition) is 2. The molecule has 0 unspecified atom stereocenters. The van der Waals surface area contributed by atoms with Crippen LogP contribution in [0.3, 0.4) is 0 Å². The number of carbonyl (C=O) groups excluding carboxylic acids is 2. The first-order valence-electron chi connectivity index (χ1n) is 7.67. The maximum absolute atomic E-state index is 12.9. The molecule has 0 saturated heterocycles. The molecule has 1 atom stereocenters. The van der Waals surface area contributed by atoms with Gasteiger partial charge in [-0.2, -0.15) is 0 Å².